The molecule has 0 radical (unpaired) electrons. The summed E-state index contributed by atoms with van der Waals surface area (Å²) in [6, 6.07) is 1.89. The Kier molecular flexibility index (Phi) is 2.09. The normalized spacial score (nSPS) is 13.3. The van der Waals surface area contributed by atoms with Gasteiger partial charge in [-0.15, -0.1) is 0 Å². The van der Waals surface area contributed by atoms with Crippen molar-refractivity contribution in [3.8, 4) is 0 Å². The van der Waals surface area contributed by atoms with Crippen molar-refractivity contribution in [2.75, 3.05) is 12.8 Å². The fraction of sp³-hybridized carbons (Fsp3) is 0.333. The van der Waals surface area contributed by atoms with E-state index in [9.17, 15) is 0 Å². The Morgan fingerprint density at radius 1 is 1.50 bits per heavy atom. The predicted octanol–water partition coefficient (Wildman–Crippen LogP) is 1.18. The number of nitrogen functional groups attached to an aromatic ring is 1. The van der Waals surface area contributed by atoms with Crippen molar-refractivity contribution in [2.45, 2.75) is 13.2 Å². The number of methoxy groups -OCH3 is 1. The summed E-state index contributed by atoms with van der Waals surface area (Å²) < 4.78 is 7.11. The van der Waals surface area contributed by atoms with Crippen LogP contribution in [0, 0.1) is 0 Å². The maximum Gasteiger partial charge on any atom is 0.147 e. The summed E-state index contributed by atoms with van der Waals surface area (Å²) in [6.07, 6.45) is 3.29. The van der Waals surface area contributed by atoms with Crippen LogP contribution in [0.15, 0.2) is 18.6 Å². The number of rotatable bonds is 2. The first-order chi connectivity index (χ1) is 6.74. The summed E-state index contributed by atoms with van der Waals surface area (Å²) in [7, 11) is 1.65. The smallest absolute Gasteiger partial charge is 0.147 e. The number of hydrogen-bond acceptors (Lipinski definition) is 4. The molecule has 0 amide bonds. The van der Waals surface area contributed by atoms with Gasteiger partial charge in [-0.25, -0.2) is 9.97 Å². The van der Waals surface area contributed by atoms with Gasteiger partial charge in [-0.1, -0.05) is 0 Å². The molecule has 5 nitrogen and oxygen atoms in total. The molecule has 14 heavy (non-hydrogen) atoms. The van der Waals surface area contributed by atoms with Crippen LogP contribution in [-0.4, -0.2) is 21.6 Å². The van der Waals surface area contributed by atoms with Gasteiger partial charge < -0.3 is 15.0 Å². The van der Waals surface area contributed by atoms with Crippen LogP contribution >= 0.6 is 0 Å². The van der Waals surface area contributed by atoms with Gasteiger partial charge in [0.1, 0.15) is 24.0 Å². The molecule has 2 rings (SSSR count). The zero-order valence-corrected chi connectivity index (χ0v) is 8.14. The lowest BCUT2D eigenvalue weighted by Gasteiger charge is -2.11. The van der Waals surface area contributed by atoms with Gasteiger partial charge in [-0.3, -0.25) is 0 Å². The fourth-order valence-electron chi connectivity index (χ4n) is 1.40. The highest BCUT2D eigenvalue weighted by molar-refractivity contribution is 5.85. The summed E-state index contributed by atoms with van der Waals surface area (Å²) in [5.74, 6) is 0.497. The maximum atomic E-state index is 5.71. The molecule has 0 saturated heterocycles. The third-order valence-electron chi connectivity index (χ3n) is 2.27. The topological polar surface area (TPSA) is 66.0 Å². The van der Waals surface area contributed by atoms with Crippen LogP contribution in [0.4, 0.5) is 5.82 Å². The monoisotopic (exact) mass is 192 g/mol. The Hall–Kier alpha value is -1.62. The van der Waals surface area contributed by atoms with E-state index in [0.29, 0.717) is 5.82 Å². The Labute approximate surface area is 81.5 Å². The van der Waals surface area contributed by atoms with Crippen molar-refractivity contribution >= 4 is 16.9 Å². The highest BCUT2D eigenvalue weighted by Gasteiger charge is 2.09. The molecule has 0 bridgehead atoms. The molecule has 2 aromatic heterocycles. The highest BCUT2D eigenvalue weighted by Crippen LogP contribution is 2.21. The van der Waals surface area contributed by atoms with E-state index >= 15 is 0 Å². The van der Waals surface area contributed by atoms with Crippen LogP contribution in [0.1, 0.15) is 13.2 Å². The van der Waals surface area contributed by atoms with E-state index in [-0.39, 0.29) is 6.23 Å². The molecule has 0 saturated carbocycles. The molecule has 74 valence electrons. The number of ether oxygens (including phenoxy) is 1. The summed E-state index contributed by atoms with van der Waals surface area (Å²) in [4.78, 5) is 8.08. The van der Waals surface area contributed by atoms with Crippen LogP contribution in [0.5, 0.6) is 0 Å². The zero-order chi connectivity index (χ0) is 10.1. The van der Waals surface area contributed by atoms with Crippen molar-refractivity contribution in [1.82, 2.24) is 14.5 Å². The molecule has 0 aliphatic heterocycles. The van der Waals surface area contributed by atoms with Gasteiger partial charge >= 0.3 is 0 Å². The number of hydrogen-bond donors (Lipinski definition) is 1. The molecule has 2 N–H and O–H groups in total. The van der Waals surface area contributed by atoms with E-state index in [1.165, 1.54) is 6.33 Å². The number of nitrogens with zero attached hydrogens (tertiary/aromatic N) is 3. The van der Waals surface area contributed by atoms with Gasteiger partial charge in [0.2, 0.25) is 0 Å². The Morgan fingerprint density at radius 3 is 3.00 bits per heavy atom. The highest BCUT2D eigenvalue weighted by atomic mass is 16.5. The van der Waals surface area contributed by atoms with Gasteiger partial charge in [-0.05, 0) is 13.0 Å². The minimum Gasteiger partial charge on any atom is -0.383 e. The van der Waals surface area contributed by atoms with E-state index in [1.807, 2.05) is 23.8 Å². The minimum absolute atomic E-state index is 0.0539. The Balaban J connectivity index is 2.63. The van der Waals surface area contributed by atoms with Gasteiger partial charge in [-0.2, -0.15) is 0 Å². The summed E-state index contributed by atoms with van der Waals surface area (Å²) in [6.45, 7) is 1.94. The van der Waals surface area contributed by atoms with Crippen LogP contribution in [0.3, 0.4) is 0 Å². The third-order valence-corrected chi connectivity index (χ3v) is 2.27. The molecule has 0 fully saturated rings. The van der Waals surface area contributed by atoms with E-state index < -0.39 is 0 Å². The molecular weight excluding hydrogens is 180 g/mol. The number of fused-ring (bicyclic) bond motifs is 1. The van der Waals surface area contributed by atoms with Crippen molar-refractivity contribution in [3.05, 3.63) is 18.6 Å². The second-order valence-electron chi connectivity index (χ2n) is 3.05. The molecule has 2 heterocycles. The molecule has 0 aromatic carbocycles. The van der Waals surface area contributed by atoms with E-state index in [1.54, 1.807) is 7.11 Å². The standard InChI is InChI=1S/C9H12N4O/c1-6(14-2)13-4-3-7-8(10)11-5-12-9(7)13/h3-6H,1-2H3,(H2,10,11,12)/t6-/m1/s1. The van der Waals surface area contributed by atoms with Crippen molar-refractivity contribution in [1.29, 1.82) is 0 Å². The average Bonchev–Trinajstić information content (AvgIpc) is 2.62. The number of aromatic nitrogens is 3. The fourth-order valence-corrected chi connectivity index (χ4v) is 1.40. The van der Waals surface area contributed by atoms with Crippen LogP contribution in [0.25, 0.3) is 11.0 Å². The molecular formula is C9H12N4O. The van der Waals surface area contributed by atoms with Crippen molar-refractivity contribution < 1.29 is 4.74 Å². The Bertz CT molecular complexity index is 451. The van der Waals surface area contributed by atoms with Gasteiger partial charge in [0, 0.05) is 13.3 Å². The van der Waals surface area contributed by atoms with Crippen molar-refractivity contribution in [2.24, 2.45) is 0 Å². The van der Waals surface area contributed by atoms with Crippen LogP contribution < -0.4 is 5.73 Å². The minimum atomic E-state index is -0.0539. The molecule has 0 aliphatic rings. The zero-order valence-electron chi connectivity index (χ0n) is 8.14. The summed E-state index contributed by atoms with van der Waals surface area (Å²) >= 11 is 0. The third kappa shape index (κ3) is 1.22. The lowest BCUT2D eigenvalue weighted by molar-refractivity contribution is 0.0638. The molecule has 0 unspecified atom stereocenters. The summed E-state index contributed by atoms with van der Waals surface area (Å²) in [5, 5.41) is 0.858. The van der Waals surface area contributed by atoms with E-state index in [0.717, 1.165) is 11.0 Å². The van der Waals surface area contributed by atoms with Gasteiger partial charge in [0.25, 0.3) is 0 Å². The van der Waals surface area contributed by atoms with Crippen LogP contribution in [-0.2, 0) is 4.74 Å². The maximum absolute atomic E-state index is 5.71. The van der Waals surface area contributed by atoms with E-state index in [4.69, 9.17) is 10.5 Å². The predicted molar refractivity (Wildman–Crippen MR) is 53.7 cm³/mol. The Morgan fingerprint density at radius 2 is 2.29 bits per heavy atom. The second kappa shape index (κ2) is 3.26. The first kappa shape index (κ1) is 8.96. The SMILES string of the molecule is CO[C@H](C)n1ccc2c(N)ncnc21. The molecule has 2 aromatic rings. The second-order valence-corrected chi connectivity index (χ2v) is 3.05. The molecule has 5 heteroatoms. The van der Waals surface area contributed by atoms with E-state index in [2.05, 4.69) is 9.97 Å². The summed E-state index contributed by atoms with van der Waals surface area (Å²) in [5.41, 5.74) is 6.50. The largest absolute Gasteiger partial charge is 0.383 e. The molecule has 0 spiro atoms. The molecule has 1 atom stereocenters. The van der Waals surface area contributed by atoms with Crippen LogP contribution in [0.2, 0.25) is 0 Å². The first-order valence-corrected chi connectivity index (χ1v) is 4.34. The van der Waals surface area contributed by atoms with Gasteiger partial charge in [0.05, 0.1) is 5.39 Å². The average molecular weight is 192 g/mol. The lowest BCUT2D eigenvalue weighted by atomic mass is 10.4. The van der Waals surface area contributed by atoms with Crippen molar-refractivity contribution in [3.63, 3.8) is 0 Å². The lowest BCUT2D eigenvalue weighted by Crippen LogP contribution is -2.06. The number of anilines is 1. The molecule has 0 aliphatic carbocycles. The number of nitrogens with two attached hydrogens (primary N) is 1. The van der Waals surface area contributed by atoms with Gasteiger partial charge in [0.15, 0.2) is 0 Å². The quantitative estimate of drug-likeness (QED) is 0.775. The first-order valence-electron chi connectivity index (χ1n) is 4.34.